The molecule has 19 heavy (non-hydrogen) atoms. The van der Waals surface area contributed by atoms with Crippen molar-refractivity contribution < 1.29 is 9.47 Å². The van der Waals surface area contributed by atoms with E-state index in [-0.39, 0.29) is 4.83 Å². The van der Waals surface area contributed by atoms with Gasteiger partial charge in [-0.25, -0.2) is 0 Å². The quantitative estimate of drug-likeness (QED) is 0.651. The van der Waals surface area contributed by atoms with Crippen LogP contribution in [-0.4, -0.2) is 13.2 Å². The Morgan fingerprint density at radius 2 is 1.79 bits per heavy atom. The Labute approximate surface area is 133 Å². The van der Waals surface area contributed by atoms with Crippen LogP contribution in [0.15, 0.2) is 27.4 Å². The summed E-state index contributed by atoms with van der Waals surface area (Å²) in [6.45, 7) is 3.35. The molecule has 2 heterocycles. The van der Waals surface area contributed by atoms with E-state index < -0.39 is 0 Å². The minimum atomic E-state index is 0.156. The van der Waals surface area contributed by atoms with E-state index in [1.165, 1.54) is 11.1 Å². The largest absolute Gasteiger partial charge is 0.486 e. The predicted molar refractivity (Wildman–Crippen MR) is 85.0 cm³/mol. The summed E-state index contributed by atoms with van der Waals surface area (Å²) >= 11 is 9.13. The number of hydrogen-bond acceptors (Lipinski definition) is 3. The zero-order valence-corrected chi connectivity index (χ0v) is 14.3. The van der Waals surface area contributed by atoms with Crippen LogP contribution in [0.2, 0.25) is 0 Å². The van der Waals surface area contributed by atoms with Crippen LogP contribution in [0.3, 0.4) is 0 Å². The van der Waals surface area contributed by atoms with Gasteiger partial charge >= 0.3 is 0 Å². The van der Waals surface area contributed by atoms with Gasteiger partial charge in [0, 0.05) is 4.47 Å². The van der Waals surface area contributed by atoms with Crippen molar-refractivity contribution in [3.8, 4) is 11.5 Å². The van der Waals surface area contributed by atoms with Crippen LogP contribution in [0.1, 0.15) is 21.5 Å². The molecule has 0 N–H and O–H groups in total. The molecule has 1 unspecified atom stereocenters. The Kier molecular flexibility index (Phi) is 3.87. The fraction of sp³-hybridized carbons (Fsp3) is 0.286. The maximum absolute atomic E-state index is 5.65. The number of benzene rings is 1. The zero-order valence-electron chi connectivity index (χ0n) is 10.3. The second-order valence-electron chi connectivity index (χ2n) is 4.39. The molecule has 2 aromatic rings. The van der Waals surface area contributed by atoms with Crippen molar-refractivity contribution in [1.82, 2.24) is 0 Å². The summed E-state index contributed by atoms with van der Waals surface area (Å²) in [5.74, 6) is 1.63. The van der Waals surface area contributed by atoms with Crippen LogP contribution in [0.5, 0.6) is 11.5 Å². The number of alkyl halides is 1. The smallest absolute Gasteiger partial charge is 0.162 e. The molecule has 100 valence electrons. The molecule has 0 radical (unpaired) electrons. The highest BCUT2D eigenvalue weighted by Gasteiger charge is 2.21. The van der Waals surface area contributed by atoms with Crippen LogP contribution in [0, 0.1) is 6.92 Å². The Hall–Kier alpha value is -0.520. The van der Waals surface area contributed by atoms with Crippen molar-refractivity contribution in [2.45, 2.75) is 11.8 Å². The topological polar surface area (TPSA) is 18.5 Å². The molecule has 0 spiro atoms. The Bertz CT molecular complexity index is 609. The molecule has 3 rings (SSSR count). The molecular weight excluding hydrogens is 392 g/mol. The zero-order chi connectivity index (χ0) is 13.4. The lowest BCUT2D eigenvalue weighted by atomic mass is 10.0. The van der Waals surface area contributed by atoms with Gasteiger partial charge in [0.25, 0.3) is 0 Å². The maximum Gasteiger partial charge on any atom is 0.162 e. The van der Waals surface area contributed by atoms with E-state index >= 15 is 0 Å². The highest BCUT2D eigenvalue weighted by molar-refractivity contribution is 9.11. The predicted octanol–water partition coefficient (Wildman–Crippen LogP) is 5.07. The van der Waals surface area contributed by atoms with E-state index in [1.54, 1.807) is 11.3 Å². The second-order valence-corrected chi connectivity index (χ2v) is 6.90. The summed E-state index contributed by atoms with van der Waals surface area (Å²) in [4.78, 5) is 0.156. The highest BCUT2D eigenvalue weighted by atomic mass is 79.9. The summed E-state index contributed by atoms with van der Waals surface area (Å²) in [6.07, 6.45) is 0. The number of rotatable bonds is 2. The molecular formula is C14H12Br2O2S. The van der Waals surface area contributed by atoms with Crippen molar-refractivity contribution in [2.75, 3.05) is 13.2 Å². The molecule has 0 amide bonds. The minimum absolute atomic E-state index is 0.156. The molecule has 0 fully saturated rings. The fourth-order valence-corrected chi connectivity index (χ4v) is 4.85. The summed E-state index contributed by atoms with van der Waals surface area (Å²) in [5.41, 5.74) is 3.75. The van der Waals surface area contributed by atoms with Gasteiger partial charge in [0.15, 0.2) is 11.5 Å². The summed E-state index contributed by atoms with van der Waals surface area (Å²) in [7, 11) is 0. The van der Waals surface area contributed by atoms with Crippen molar-refractivity contribution in [1.29, 1.82) is 0 Å². The lowest BCUT2D eigenvalue weighted by molar-refractivity contribution is 0.171. The van der Waals surface area contributed by atoms with Gasteiger partial charge < -0.3 is 9.47 Å². The van der Waals surface area contributed by atoms with Crippen molar-refractivity contribution >= 4 is 43.2 Å². The van der Waals surface area contributed by atoms with Crippen molar-refractivity contribution in [3.05, 3.63) is 44.1 Å². The van der Waals surface area contributed by atoms with E-state index in [2.05, 4.69) is 55.6 Å². The van der Waals surface area contributed by atoms with E-state index in [0.717, 1.165) is 21.5 Å². The number of halogens is 2. The van der Waals surface area contributed by atoms with Gasteiger partial charge in [0.1, 0.15) is 13.2 Å². The monoisotopic (exact) mass is 402 g/mol. The number of hydrogen-bond donors (Lipinski definition) is 0. The van der Waals surface area contributed by atoms with Crippen LogP contribution in [-0.2, 0) is 0 Å². The molecule has 1 aliphatic rings. The molecule has 0 bridgehead atoms. The molecule has 2 nitrogen and oxygen atoms in total. The first kappa shape index (κ1) is 13.5. The van der Waals surface area contributed by atoms with Crippen molar-refractivity contribution in [3.63, 3.8) is 0 Å². The normalized spacial score (nSPS) is 15.3. The third-order valence-corrected chi connectivity index (χ3v) is 5.66. The molecule has 1 aliphatic heterocycles. The molecule has 0 saturated carbocycles. The molecule has 5 heteroatoms. The minimum Gasteiger partial charge on any atom is -0.486 e. The molecule has 0 saturated heterocycles. The SMILES string of the molecule is Cc1cscc1C(Br)c1cc2c(cc1Br)OCCO2. The Morgan fingerprint density at radius 3 is 2.42 bits per heavy atom. The number of thiophene rings is 1. The average molecular weight is 404 g/mol. The molecule has 1 aromatic heterocycles. The first-order valence-corrected chi connectivity index (χ1v) is 8.58. The van der Waals surface area contributed by atoms with E-state index in [9.17, 15) is 0 Å². The highest BCUT2D eigenvalue weighted by Crippen LogP contribution is 2.43. The second kappa shape index (κ2) is 5.46. The van der Waals surface area contributed by atoms with E-state index in [4.69, 9.17) is 9.47 Å². The van der Waals surface area contributed by atoms with E-state index in [0.29, 0.717) is 13.2 Å². The Morgan fingerprint density at radius 1 is 1.11 bits per heavy atom. The van der Waals surface area contributed by atoms with E-state index in [1.807, 2.05) is 6.07 Å². The van der Waals surface area contributed by atoms with Gasteiger partial charge in [-0.3, -0.25) is 0 Å². The molecule has 1 atom stereocenters. The van der Waals surface area contributed by atoms with Crippen LogP contribution < -0.4 is 9.47 Å². The summed E-state index contributed by atoms with van der Waals surface area (Å²) < 4.78 is 12.3. The third-order valence-electron chi connectivity index (χ3n) is 3.10. The summed E-state index contributed by atoms with van der Waals surface area (Å²) in [6, 6.07) is 4.04. The first-order chi connectivity index (χ1) is 9.16. The lowest BCUT2D eigenvalue weighted by Crippen LogP contribution is -2.15. The maximum atomic E-state index is 5.65. The van der Waals surface area contributed by atoms with Gasteiger partial charge in [-0.2, -0.15) is 11.3 Å². The Balaban J connectivity index is 2.03. The average Bonchev–Trinajstić information content (AvgIpc) is 2.83. The van der Waals surface area contributed by atoms with Crippen LogP contribution in [0.25, 0.3) is 0 Å². The first-order valence-electron chi connectivity index (χ1n) is 5.92. The number of ether oxygens (including phenoxy) is 2. The van der Waals surface area contributed by atoms with Crippen LogP contribution in [0.4, 0.5) is 0 Å². The van der Waals surface area contributed by atoms with Gasteiger partial charge in [-0.05, 0) is 46.5 Å². The lowest BCUT2D eigenvalue weighted by Gasteiger charge is -2.21. The van der Waals surface area contributed by atoms with Gasteiger partial charge in [-0.15, -0.1) is 0 Å². The van der Waals surface area contributed by atoms with Crippen molar-refractivity contribution in [2.24, 2.45) is 0 Å². The number of fused-ring (bicyclic) bond motifs is 1. The standard InChI is InChI=1S/C14H12Br2O2S/c1-8-6-19-7-10(8)14(16)9-4-12-13(5-11(9)15)18-3-2-17-12/h4-7,14H,2-3H2,1H3. The fourth-order valence-electron chi connectivity index (χ4n) is 2.07. The number of aryl methyl sites for hydroxylation is 1. The van der Waals surface area contributed by atoms with Gasteiger partial charge in [0.05, 0.1) is 4.83 Å². The van der Waals surface area contributed by atoms with Gasteiger partial charge in [-0.1, -0.05) is 31.9 Å². The van der Waals surface area contributed by atoms with Gasteiger partial charge in [0.2, 0.25) is 0 Å². The van der Waals surface area contributed by atoms with Crippen LogP contribution >= 0.6 is 43.2 Å². The molecule has 1 aromatic carbocycles. The summed E-state index contributed by atoms with van der Waals surface area (Å²) in [5, 5.41) is 4.34. The third kappa shape index (κ3) is 2.56. The molecule has 0 aliphatic carbocycles.